The molecule has 0 saturated carbocycles. The van der Waals surface area contributed by atoms with Crippen LogP contribution >= 0.6 is 0 Å². The Balaban J connectivity index is 1.92. The first-order valence-corrected chi connectivity index (χ1v) is 7.07. The van der Waals surface area contributed by atoms with Gasteiger partial charge in [0.15, 0.2) is 5.82 Å². The second kappa shape index (κ2) is 5.99. The topological polar surface area (TPSA) is 76.8 Å². The number of rotatable bonds is 4. The number of para-hydroxylation sites is 1. The molecule has 22 heavy (non-hydrogen) atoms. The van der Waals surface area contributed by atoms with E-state index in [1.54, 1.807) is 7.11 Å². The quantitative estimate of drug-likeness (QED) is 0.775. The van der Waals surface area contributed by atoms with Gasteiger partial charge in [-0.3, -0.25) is 5.10 Å². The van der Waals surface area contributed by atoms with Gasteiger partial charge in [-0.05, 0) is 24.6 Å². The zero-order valence-corrected chi connectivity index (χ0v) is 12.6. The highest BCUT2D eigenvalue weighted by Gasteiger charge is 2.16. The van der Waals surface area contributed by atoms with Crippen LogP contribution in [0.15, 0.2) is 48.5 Å². The van der Waals surface area contributed by atoms with Crippen LogP contribution < -0.4 is 10.5 Å². The van der Waals surface area contributed by atoms with Crippen LogP contribution in [-0.4, -0.2) is 22.3 Å². The molecule has 1 aromatic heterocycles. The van der Waals surface area contributed by atoms with Gasteiger partial charge in [-0.15, -0.1) is 0 Å². The number of hydrogen-bond acceptors (Lipinski definition) is 4. The Morgan fingerprint density at radius 1 is 1.09 bits per heavy atom. The fourth-order valence-electron chi connectivity index (χ4n) is 2.29. The first-order valence-electron chi connectivity index (χ1n) is 7.07. The van der Waals surface area contributed by atoms with Crippen LogP contribution in [0.2, 0.25) is 0 Å². The predicted molar refractivity (Wildman–Crippen MR) is 85.6 cm³/mol. The Kier molecular flexibility index (Phi) is 3.89. The summed E-state index contributed by atoms with van der Waals surface area (Å²) in [7, 11) is 1.63. The van der Waals surface area contributed by atoms with Crippen molar-refractivity contribution in [3.05, 3.63) is 65.5 Å². The van der Waals surface area contributed by atoms with E-state index in [0.717, 1.165) is 16.9 Å². The molecule has 0 radical (unpaired) electrons. The zero-order chi connectivity index (χ0) is 15.5. The largest absolute Gasteiger partial charge is 0.496 e. The number of aryl methyl sites for hydroxylation is 1. The summed E-state index contributed by atoms with van der Waals surface area (Å²) in [6, 6.07) is 15.4. The van der Waals surface area contributed by atoms with E-state index in [1.807, 2.05) is 55.5 Å². The molecule has 0 aliphatic heterocycles. The van der Waals surface area contributed by atoms with Crippen LogP contribution in [0.25, 0.3) is 11.4 Å². The fraction of sp³-hybridized carbons (Fsp3) is 0.176. The first kappa shape index (κ1) is 14.3. The SMILES string of the molecule is COc1ccccc1-c1n[nH]c([C@@H](N)c2ccc(C)cc2)n1. The monoisotopic (exact) mass is 294 g/mol. The Hall–Kier alpha value is -2.66. The van der Waals surface area contributed by atoms with E-state index in [0.29, 0.717) is 11.6 Å². The molecule has 1 heterocycles. The minimum Gasteiger partial charge on any atom is -0.496 e. The predicted octanol–water partition coefficient (Wildman–Crippen LogP) is 2.84. The zero-order valence-electron chi connectivity index (χ0n) is 12.6. The van der Waals surface area contributed by atoms with Gasteiger partial charge in [0, 0.05) is 0 Å². The van der Waals surface area contributed by atoms with Crippen molar-refractivity contribution in [3.8, 4) is 17.1 Å². The summed E-state index contributed by atoms with van der Waals surface area (Å²) in [4.78, 5) is 4.52. The lowest BCUT2D eigenvalue weighted by atomic mass is 10.1. The van der Waals surface area contributed by atoms with Crippen molar-refractivity contribution < 1.29 is 4.74 Å². The summed E-state index contributed by atoms with van der Waals surface area (Å²) < 4.78 is 5.34. The van der Waals surface area contributed by atoms with Crippen molar-refractivity contribution in [2.45, 2.75) is 13.0 Å². The van der Waals surface area contributed by atoms with Crippen LogP contribution in [0.3, 0.4) is 0 Å². The van der Waals surface area contributed by atoms with Gasteiger partial charge >= 0.3 is 0 Å². The lowest BCUT2D eigenvalue weighted by Gasteiger charge is -2.08. The second-order valence-corrected chi connectivity index (χ2v) is 5.13. The third-order valence-electron chi connectivity index (χ3n) is 3.58. The number of methoxy groups -OCH3 is 1. The lowest BCUT2D eigenvalue weighted by Crippen LogP contribution is -2.13. The summed E-state index contributed by atoms with van der Waals surface area (Å²) >= 11 is 0. The number of aromatic amines is 1. The van der Waals surface area contributed by atoms with Gasteiger partial charge in [-0.2, -0.15) is 5.10 Å². The Labute approximate surface area is 129 Å². The molecule has 3 rings (SSSR count). The molecular formula is C17H18N4O. The third kappa shape index (κ3) is 2.71. The van der Waals surface area contributed by atoms with Crippen LogP contribution in [0, 0.1) is 6.92 Å². The van der Waals surface area contributed by atoms with E-state index in [2.05, 4.69) is 15.2 Å². The molecule has 0 saturated heterocycles. The van der Waals surface area contributed by atoms with Gasteiger partial charge < -0.3 is 10.5 Å². The van der Waals surface area contributed by atoms with Gasteiger partial charge in [0.05, 0.1) is 18.7 Å². The molecule has 0 bridgehead atoms. The average molecular weight is 294 g/mol. The molecule has 5 heteroatoms. The maximum atomic E-state index is 6.26. The summed E-state index contributed by atoms with van der Waals surface area (Å²) in [5, 5.41) is 7.19. The number of ether oxygens (including phenoxy) is 1. The molecule has 0 aliphatic rings. The molecule has 0 spiro atoms. The van der Waals surface area contributed by atoms with E-state index >= 15 is 0 Å². The molecule has 0 fully saturated rings. The molecule has 2 aromatic carbocycles. The Morgan fingerprint density at radius 2 is 1.82 bits per heavy atom. The fourth-order valence-corrected chi connectivity index (χ4v) is 2.29. The van der Waals surface area contributed by atoms with Crippen LogP contribution in [0.4, 0.5) is 0 Å². The highest BCUT2D eigenvalue weighted by atomic mass is 16.5. The Morgan fingerprint density at radius 3 is 2.55 bits per heavy atom. The standard InChI is InChI=1S/C17H18N4O/c1-11-7-9-12(10-8-11)15(18)17-19-16(20-21-17)13-5-3-4-6-14(13)22-2/h3-10,15H,18H2,1-2H3,(H,19,20,21)/t15-/m0/s1. The van der Waals surface area contributed by atoms with Gasteiger partial charge in [0.25, 0.3) is 0 Å². The Bertz CT molecular complexity index is 764. The van der Waals surface area contributed by atoms with Crippen molar-refractivity contribution in [2.24, 2.45) is 5.73 Å². The molecule has 5 nitrogen and oxygen atoms in total. The summed E-state index contributed by atoms with van der Waals surface area (Å²) in [5.74, 6) is 1.94. The number of nitrogens with zero attached hydrogens (tertiary/aromatic N) is 2. The summed E-state index contributed by atoms with van der Waals surface area (Å²) in [5.41, 5.74) is 9.29. The minimum absolute atomic E-state index is 0.337. The smallest absolute Gasteiger partial charge is 0.184 e. The molecule has 0 aliphatic carbocycles. The van der Waals surface area contributed by atoms with Gasteiger partial charge in [-0.1, -0.05) is 42.0 Å². The number of aromatic nitrogens is 3. The number of nitrogens with two attached hydrogens (primary N) is 1. The molecule has 3 aromatic rings. The molecular weight excluding hydrogens is 276 g/mol. The molecule has 1 atom stereocenters. The van der Waals surface area contributed by atoms with E-state index in [4.69, 9.17) is 10.5 Å². The number of nitrogens with one attached hydrogen (secondary N) is 1. The average Bonchev–Trinajstić information content (AvgIpc) is 3.04. The maximum Gasteiger partial charge on any atom is 0.184 e. The van der Waals surface area contributed by atoms with Crippen molar-refractivity contribution >= 4 is 0 Å². The maximum absolute atomic E-state index is 6.26. The van der Waals surface area contributed by atoms with E-state index in [9.17, 15) is 0 Å². The number of H-pyrrole nitrogens is 1. The summed E-state index contributed by atoms with van der Waals surface area (Å²) in [6.45, 7) is 2.05. The van der Waals surface area contributed by atoms with Crippen LogP contribution in [0.5, 0.6) is 5.75 Å². The molecule has 3 N–H and O–H groups in total. The van der Waals surface area contributed by atoms with E-state index in [1.165, 1.54) is 5.56 Å². The highest BCUT2D eigenvalue weighted by molar-refractivity contribution is 5.63. The minimum atomic E-state index is -0.337. The van der Waals surface area contributed by atoms with Crippen molar-refractivity contribution in [1.82, 2.24) is 15.2 Å². The molecule has 0 unspecified atom stereocenters. The van der Waals surface area contributed by atoms with Gasteiger partial charge in [0.1, 0.15) is 11.6 Å². The van der Waals surface area contributed by atoms with E-state index < -0.39 is 0 Å². The lowest BCUT2D eigenvalue weighted by molar-refractivity contribution is 0.416. The van der Waals surface area contributed by atoms with Crippen molar-refractivity contribution in [3.63, 3.8) is 0 Å². The third-order valence-corrected chi connectivity index (χ3v) is 3.58. The van der Waals surface area contributed by atoms with Gasteiger partial charge in [-0.25, -0.2) is 4.98 Å². The second-order valence-electron chi connectivity index (χ2n) is 5.13. The van der Waals surface area contributed by atoms with Crippen molar-refractivity contribution in [2.75, 3.05) is 7.11 Å². The number of hydrogen-bond donors (Lipinski definition) is 2. The molecule has 112 valence electrons. The molecule has 0 amide bonds. The van der Waals surface area contributed by atoms with Gasteiger partial charge in [0.2, 0.25) is 0 Å². The normalized spacial score (nSPS) is 12.1. The number of benzene rings is 2. The van der Waals surface area contributed by atoms with E-state index in [-0.39, 0.29) is 6.04 Å². The van der Waals surface area contributed by atoms with Crippen LogP contribution in [0.1, 0.15) is 23.0 Å². The van der Waals surface area contributed by atoms with Crippen LogP contribution in [-0.2, 0) is 0 Å². The summed E-state index contributed by atoms with van der Waals surface area (Å²) in [6.07, 6.45) is 0. The van der Waals surface area contributed by atoms with Crippen molar-refractivity contribution in [1.29, 1.82) is 0 Å². The highest BCUT2D eigenvalue weighted by Crippen LogP contribution is 2.27. The first-order chi connectivity index (χ1) is 10.7.